The molecule has 0 aliphatic heterocycles. The van der Waals surface area contributed by atoms with Gasteiger partial charge in [0.2, 0.25) is 0 Å². The highest BCUT2D eigenvalue weighted by Gasteiger charge is 2.22. The van der Waals surface area contributed by atoms with Gasteiger partial charge in [-0.2, -0.15) is 5.10 Å². The van der Waals surface area contributed by atoms with Gasteiger partial charge in [0.25, 0.3) is 11.6 Å². The highest BCUT2D eigenvalue weighted by atomic mass is 35.5. The predicted molar refractivity (Wildman–Crippen MR) is 76.5 cm³/mol. The number of hydrogen-bond donors (Lipinski definition) is 2. The molecule has 0 unspecified atom stereocenters. The standard InChI is InChI=1S/C12H12ClN5O3/c1-6(2)8-4-11(17-16-8)15-12(19)7-3-10(13)14-5-9(7)18(20)21/h3-6H,1-2H3,(H2,15,16,17,19). The van der Waals surface area contributed by atoms with Gasteiger partial charge in [-0.05, 0) is 12.0 Å². The Bertz CT molecular complexity index is 698. The van der Waals surface area contributed by atoms with Crippen LogP contribution < -0.4 is 5.32 Å². The molecule has 2 aromatic heterocycles. The second-order valence-electron chi connectivity index (χ2n) is 4.60. The number of anilines is 1. The number of H-pyrrole nitrogens is 1. The second kappa shape index (κ2) is 5.88. The molecule has 0 aliphatic carbocycles. The summed E-state index contributed by atoms with van der Waals surface area (Å²) < 4.78 is 0. The molecule has 1 amide bonds. The van der Waals surface area contributed by atoms with E-state index in [4.69, 9.17) is 11.6 Å². The molecule has 0 saturated carbocycles. The van der Waals surface area contributed by atoms with E-state index in [0.717, 1.165) is 18.0 Å². The second-order valence-corrected chi connectivity index (χ2v) is 4.99. The molecular weight excluding hydrogens is 298 g/mol. The average molecular weight is 310 g/mol. The van der Waals surface area contributed by atoms with Crippen molar-refractivity contribution in [3.8, 4) is 0 Å². The van der Waals surface area contributed by atoms with E-state index in [9.17, 15) is 14.9 Å². The van der Waals surface area contributed by atoms with Crippen molar-refractivity contribution >= 4 is 29.0 Å². The van der Waals surface area contributed by atoms with Crippen LogP contribution in [0.15, 0.2) is 18.3 Å². The number of pyridine rings is 1. The molecule has 0 saturated heterocycles. The summed E-state index contributed by atoms with van der Waals surface area (Å²) in [6, 6.07) is 2.81. The van der Waals surface area contributed by atoms with Gasteiger partial charge in [-0.15, -0.1) is 0 Å². The maximum atomic E-state index is 12.1. The van der Waals surface area contributed by atoms with Crippen molar-refractivity contribution in [2.45, 2.75) is 19.8 Å². The Hall–Kier alpha value is -2.48. The molecule has 2 N–H and O–H groups in total. The first-order chi connectivity index (χ1) is 9.88. The molecule has 2 rings (SSSR count). The Labute approximate surface area is 124 Å². The number of carbonyl (C=O) groups excluding carboxylic acids is 1. The third-order valence-corrected chi connectivity index (χ3v) is 2.96. The lowest BCUT2D eigenvalue weighted by atomic mass is 10.1. The van der Waals surface area contributed by atoms with Crippen molar-refractivity contribution in [3.63, 3.8) is 0 Å². The van der Waals surface area contributed by atoms with Crippen LogP contribution >= 0.6 is 11.6 Å². The monoisotopic (exact) mass is 309 g/mol. The number of hydrogen-bond acceptors (Lipinski definition) is 5. The number of carbonyl (C=O) groups is 1. The highest BCUT2D eigenvalue weighted by Crippen LogP contribution is 2.22. The maximum Gasteiger partial charge on any atom is 0.300 e. The molecule has 0 aromatic carbocycles. The first-order valence-corrected chi connectivity index (χ1v) is 6.43. The Balaban J connectivity index is 2.27. The average Bonchev–Trinajstić information content (AvgIpc) is 2.86. The fraction of sp³-hybridized carbons (Fsp3) is 0.250. The molecule has 2 heterocycles. The van der Waals surface area contributed by atoms with Crippen LogP contribution in [0.4, 0.5) is 11.5 Å². The number of rotatable bonds is 4. The van der Waals surface area contributed by atoms with E-state index < -0.39 is 16.5 Å². The lowest BCUT2D eigenvalue weighted by Gasteiger charge is -2.03. The molecule has 0 atom stereocenters. The van der Waals surface area contributed by atoms with Crippen LogP contribution in [0.3, 0.4) is 0 Å². The van der Waals surface area contributed by atoms with Crippen LogP contribution in [0.25, 0.3) is 0 Å². The zero-order valence-corrected chi connectivity index (χ0v) is 12.0. The summed E-state index contributed by atoms with van der Waals surface area (Å²) in [6.45, 7) is 3.93. The number of aromatic nitrogens is 3. The number of nitrogens with zero attached hydrogens (tertiary/aromatic N) is 3. The van der Waals surface area contributed by atoms with Gasteiger partial charge < -0.3 is 5.32 Å². The molecule has 0 spiro atoms. The Morgan fingerprint density at radius 2 is 2.19 bits per heavy atom. The van der Waals surface area contributed by atoms with Crippen molar-refractivity contribution in [2.75, 3.05) is 5.32 Å². The molecule has 0 aliphatic rings. The van der Waals surface area contributed by atoms with Gasteiger partial charge >= 0.3 is 0 Å². The minimum absolute atomic E-state index is 0.00403. The van der Waals surface area contributed by atoms with Gasteiger partial charge in [-0.1, -0.05) is 25.4 Å². The third kappa shape index (κ3) is 3.34. The van der Waals surface area contributed by atoms with Crippen molar-refractivity contribution < 1.29 is 9.72 Å². The summed E-state index contributed by atoms with van der Waals surface area (Å²) in [6.07, 6.45) is 0.946. The van der Waals surface area contributed by atoms with E-state index in [0.29, 0.717) is 0 Å². The largest absolute Gasteiger partial charge is 0.305 e. The zero-order chi connectivity index (χ0) is 15.6. The molecule has 0 bridgehead atoms. The number of aromatic amines is 1. The highest BCUT2D eigenvalue weighted by molar-refractivity contribution is 6.30. The van der Waals surface area contributed by atoms with Crippen molar-refractivity contribution in [1.82, 2.24) is 15.2 Å². The fourth-order valence-electron chi connectivity index (χ4n) is 1.63. The topological polar surface area (TPSA) is 114 Å². The SMILES string of the molecule is CC(C)c1cc(NC(=O)c2cc(Cl)ncc2[N+](=O)[O-])n[nH]1. The lowest BCUT2D eigenvalue weighted by molar-refractivity contribution is -0.385. The molecule has 110 valence electrons. The number of halogens is 1. The summed E-state index contributed by atoms with van der Waals surface area (Å²) >= 11 is 5.68. The van der Waals surface area contributed by atoms with Crippen molar-refractivity contribution in [2.24, 2.45) is 0 Å². The lowest BCUT2D eigenvalue weighted by Crippen LogP contribution is -2.14. The maximum absolute atomic E-state index is 12.1. The van der Waals surface area contributed by atoms with Gasteiger partial charge in [-0.3, -0.25) is 20.0 Å². The van der Waals surface area contributed by atoms with E-state index in [1.807, 2.05) is 13.8 Å². The Morgan fingerprint density at radius 1 is 1.48 bits per heavy atom. The molecule has 2 aromatic rings. The molecule has 8 nitrogen and oxygen atoms in total. The van der Waals surface area contributed by atoms with Crippen LogP contribution in [0, 0.1) is 10.1 Å². The number of amides is 1. The van der Waals surface area contributed by atoms with E-state index in [1.54, 1.807) is 6.07 Å². The van der Waals surface area contributed by atoms with Crippen LogP contribution in [0.2, 0.25) is 5.15 Å². The predicted octanol–water partition coefficient (Wildman–Crippen LogP) is 2.74. The first-order valence-electron chi connectivity index (χ1n) is 6.05. The van der Waals surface area contributed by atoms with Crippen molar-refractivity contribution in [3.05, 3.63) is 44.9 Å². The van der Waals surface area contributed by atoms with Gasteiger partial charge in [-0.25, -0.2) is 4.98 Å². The van der Waals surface area contributed by atoms with E-state index >= 15 is 0 Å². The van der Waals surface area contributed by atoms with Crippen molar-refractivity contribution in [1.29, 1.82) is 0 Å². The van der Waals surface area contributed by atoms with Gasteiger partial charge in [0.05, 0.1) is 4.92 Å². The number of nitro groups is 1. The minimum atomic E-state index is -0.692. The quantitative estimate of drug-likeness (QED) is 0.512. The normalized spacial score (nSPS) is 10.7. The molecule has 0 fully saturated rings. The van der Waals surface area contributed by atoms with Crippen LogP contribution in [0.5, 0.6) is 0 Å². The summed E-state index contributed by atoms with van der Waals surface area (Å²) in [5.74, 6) is -0.174. The first kappa shape index (κ1) is 14.9. The van der Waals surface area contributed by atoms with Gasteiger partial charge in [0.1, 0.15) is 16.9 Å². The van der Waals surface area contributed by atoms with Crippen LogP contribution in [-0.2, 0) is 0 Å². The number of nitrogens with one attached hydrogen (secondary N) is 2. The summed E-state index contributed by atoms with van der Waals surface area (Å²) in [7, 11) is 0. The Kier molecular flexibility index (Phi) is 4.18. The van der Waals surface area contributed by atoms with Gasteiger partial charge in [0.15, 0.2) is 5.82 Å². The summed E-state index contributed by atoms with van der Waals surface area (Å²) in [5.41, 5.74) is 0.248. The van der Waals surface area contributed by atoms with E-state index in [1.165, 1.54) is 0 Å². The van der Waals surface area contributed by atoms with E-state index in [2.05, 4.69) is 20.5 Å². The smallest absolute Gasteiger partial charge is 0.300 e. The van der Waals surface area contributed by atoms with Crippen LogP contribution in [-0.4, -0.2) is 26.0 Å². The van der Waals surface area contributed by atoms with Crippen LogP contribution in [0.1, 0.15) is 35.8 Å². The summed E-state index contributed by atoms with van der Waals surface area (Å²) in [4.78, 5) is 25.9. The fourth-order valence-corrected chi connectivity index (χ4v) is 1.79. The van der Waals surface area contributed by atoms with Gasteiger partial charge in [0, 0.05) is 11.8 Å². The third-order valence-electron chi connectivity index (χ3n) is 2.75. The molecule has 9 heteroatoms. The Morgan fingerprint density at radius 3 is 2.76 bits per heavy atom. The molecule has 21 heavy (non-hydrogen) atoms. The molecule has 0 radical (unpaired) electrons. The molecular formula is C12H12ClN5O3. The summed E-state index contributed by atoms with van der Waals surface area (Å²) in [5, 5.41) is 20.1. The van der Waals surface area contributed by atoms with E-state index in [-0.39, 0.29) is 22.5 Å². The zero-order valence-electron chi connectivity index (χ0n) is 11.3. The minimum Gasteiger partial charge on any atom is -0.305 e.